The predicted octanol–water partition coefficient (Wildman–Crippen LogP) is 22.2. The van der Waals surface area contributed by atoms with Gasteiger partial charge in [-0.3, -0.25) is 9.59 Å². The SMILES string of the molecule is CCCCCCC/C=C\C/C=C\C/C=C\CCCCCCCCCCCCCCCCCCC(=O)OC(CO)COC(=O)CCCCCCCCCCCCCCCCCCCCCCCCCCCCC. The van der Waals surface area contributed by atoms with Gasteiger partial charge in [-0.25, -0.2) is 0 Å². The molecule has 0 saturated carbocycles. The molecule has 0 spiro atoms. The monoisotopic (exact) mass is 1010 g/mol. The van der Waals surface area contributed by atoms with E-state index >= 15 is 0 Å². The summed E-state index contributed by atoms with van der Waals surface area (Å²) in [5.41, 5.74) is 0. The number of hydrogen-bond donors (Lipinski definition) is 1. The van der Waals surface area contributed by atoms with E-state index in [1.807, 2.05) is 0 Å². The highest BCUT2D eigenvalue weighted by atomic mass is 16.6. The lowest BCUT2D eigenvalue weighted by molar-refractivity contribution is -0.161. The Hall–Kier alpha value is -1.88. The third-order valence-corrected chi connectivity index (χ3v) is 14.9. The van der Waals surface area contributed by atoms with E-state index in [2.05, 4.69) is 50.3 Å². The number of ether oxygens (including phenoxy) is 2. The van der Waals surface area contributed by atoms with E-state index in [9.17, 15) is 14.7 Å². The second-order valence-corrected chi connectivity index (χ2v) is 22.2. The summed E-state index contributed by atoms with van der Waals surface area (Å²) in [4.78, 5) is 24.6. The number of esters is 2. The topological polar surface area (TPSA) is 72.8 Å². The molecule has 0 aliphatic rings. The van der Waals surface area contributed by atoms with E-state index in [0.29, 0.717) is 12.8 Å². The predicted molar refractivity (Wildman–Crippen MR) is 316 cm³/mol. The van der Waals surface area contributed by atoms with Crippen molar-refractivity contribution in [2.75, 3.05) is 13.2 Å². The average Bonchev–Trinajstić information content (AvgIpc) is 3.38. The van der Waals surface area contributed by atoms with Crippen LogP contribution in [0.3, 0.4) is 0 Å². The fraction of sp³-hybridized carbons (Fsp3) is 0.881. The minimum absolute atomic E-state index is 0.0597. The van der Waals surface area contributed by atoms with Crippen molar-refractivity contribution in [3.05, 3.63) is 36.5 Å². The number of aliphatic hydroxyl groups is 1. The van der Waals surface area contributed by atoms with Crippen LogP contribution in [0.4, 0.5) is 0 Å². The van der Waals surface area contributed by atoms with Crippen molar-refractivity contribution in [1.82, 2.24) is 0 Å². The molecule has 424 valence electrons. The Morgan fingerprint density at radius 2 is 0.556 bits per heavy atom. The molecule has 0 radical (unpaired) electrons. The van der Waals surface area contributed by atoms with Crippen LogP contribution >= 0.6 is 0 Å². The lowest BCUT2D eigenvalue weighted by atomic mass is 10.0. The van der Waals surface area contributed by atoms with Crippen molar-refractivity contribution in [2.45, 2.75) is 367 Å². The molecule has 72 heavy (non-hydrogen) atoms. The van der Waals surface area contributed by atoms with Gasteiger partial charge in [-0.05, 0) is 51.4 Å². The summed E-state index contributed by atoms with van der Waals surface area (Å²) in [7, 11) is 0. The van der Waals surface area contributed by atoms with Crippen LogP contribution in [0.25, 0.3) is 0 Å². The van der Waals surface area contributed by atoms with E-state index in [-0.39, 0.29) is 25.2 Å². The third kappa shape index (κ3) is 60.7. The number of hydrogen-bond acceptors (Lipinski definition) is 5. The number of carbonyl (C=O) groups is 2. The molecule has 0 rings (SSSR count). The summed E-state index contributed by atoms with van der Waals surface area (Å²) in [6, 6.07) is 0. The van der Waals surface area contributed by atoms with Gasteiger partial charge in [0.25, 0.3) is 0 Å². The van der Waals surface area contributed by atoms with Crippen LogP contribution in [0.5, 0.6) is 0 Å². The second kappa shape index (κ2) is 63.4. The molecule has 0 aromatic rings. The Bertz CT molecular complexity index is 1140. The maximum Gasteiger partial charge on any atom is 0.306 e. The number of rotatable bonds is 61. The molecular formula is C67H126O5. The highest BCUT2D eigenvalue weighted by molar-refractivity contribution is 5.70. The smallest absolute Gasteiger partial charge is 0.306 e. The summed E-state index contributed by atoms with van der Waals surface area (Å²) in [6.45, 7) is 4.19. The number of carbonyl (C=O) groups excluding carboxylic acids is 2. The lowest BCUT2D eigenvalue weighted by Gasteiger charge is -2.15. The molecule has 0 heterocycles. The first-order chi connectivity index (χ1) is 35.6. The molecule has 5 heteroatoms. The molecule has 0 amide bonds. The summed E-state index contributed by atoms with van der Waals surface area (Å²) in [6.07, 6.45) is 83.0. The summed E-state index contributed by atoms with van der Waals surface area (Å²) in [5.74, 6) is -0.568. The summed E-state index contributed by atoms with van der Waals surface area (Å²) in [5, 5.41) is 9.68. The van der Waals surface area contributed by atoms with Crippen molar-refractivity contribution < 1.29 is 24.2 Å². The zero-order valence-electron chi connectivity index (χ0n) is 48.7. The minimum atomic E-state index is -0.770. The van der Waals surface area contributed by atoms with Crippen LogP contribution in [0.15, 0.2) is 36.5 Å². The Labute approximate surface area is 450 Å². The number of allylic oxidation sites excluding steroid dienone is 6. The molecule has 5 nitrogen and oxygen atoms in total. The normalized spacial score (nSPS) is 12.3. The molecule has 1 N–H and O–H groups in total. The Kier molecular flexibility index (Phi) is 61.8. The van der Waals surface area contributed by atoms with Crippen molar-refractivity contribution in [3.8, 4) is 0 Å². The van der Waals surface area contributed by atoms with Gasteiger partial charge in [0.15, 0.2) is 6.10 Å². The first kappa shape index (κ1) is 70.1. The Balaban J connectivity index is 3.41. The van der Waals surface area contributed by atoms with E-state index in [4.69, 9.17) is 9.47 Å². The summed E-state index contributed by atoms with van der Waals surface area (Å²) < 4.78 is 10.8. The summed E-state index contributed by atoms with van der Waals surface area (Å²) >= 11 is 0. The molecule has 0 aromatic carbocycles. The third-order valence-electron chi connectivity index (χ3n) is 14.9. The van der Waals surface area contributed by atoms with Crippen LogP contribution in [-0.2, 0) is 19.1 Å². The maximum absolute atomic E-state index is 12.3. The van der Waals surface area contributed by atoms with E-state index in [1.165, 1.54) is 289 Å². The Morgan fingerprint density at radius 3 is 0.833 bits per heavy atom. The molecule has 0 aromatic heterocycles. The van der Waals surface area contributed by atoms with Gasteiger partial charge in [0.2, 0.25) is 0 Å². The number of unbranched alkanes of at least 4 members (excludes halogenated alkanes) is 47. The van der Waals surface area contributed by atoms with Crippen LogP contribution < -0.4 is 0 Å². The van der Waals surface area contributed by atoms with Gasteiger partial charge in [-0.15, -0.1) is 0 Å². The second-order valence-electron chi connectivity index (χ2n) is 22.2. The molecule has 0 bridgehead atoms. The van der Waals surface area contributed by atoms with Crippen molar-refractivity contribution in [3.63, 3.8) is 0 Å². The van der Waals surface area contributed by atoms with Crippen molar-refractivity contribution in [1.29, 1.82) is 0 Å². The zero-order chi connectivity index (χ0) is 52.0. The quantitative estimate of drug-likeness (QED) is 0.0373. The van der Waals surface area contributed by atoms with Crippen LogP contribution in [0.1, 0.15) is 361 Å². The van der Waals surface area contributed by atoms with Crippen LogP contribution in [-0.4, -0.2) is 36.4 Å². The molecule has 1 unspecified atom stereocenters. The molecular weight excluding hydrogens is 885 g/mol. The molecule has 0 saturated heterocycles. The highest BCUT2D eigenvalue weighted by Crippen LogP contribution is 2.18. The van der Waals surface area contributed by atoms with Gasteiger partial charge in [0, 0.05) is 12.8 Å². The van der Waals surface area contributed by atoms with E-state index in [0.717, 1.165) is 44.9 Å². The lowest BCUT2D eigenvalue weighted by Crippen LogP contribution is -2.28. The van der Waals surface area contributed by atoms with Crippen molar-refractivity contribution in [2.24, 2.45) is 0 Å². The van der Waals surface area contributed by atoms with Crippen molar-refractivity contribution >= 4 is 11.9 Å². The Morgan fingerprint density at radius 1 is 0.319 bits per heavy atom. The van der Waals surface area contributed by atoms with Crippen LogP contribution in [0.2, 0.25) is 0 Å². The average molecular weight is 1010 g/mol. The number of aliphatic hydroxyl groups excluding tert-OH is 1. The standard InChI is InChI=1S/C67H126O5/c1-3-5-7-9-11-13-15-17-19-21-23-25-27-29-31-32-33-34-36-38-40-42-44-46-48-50-52-54-56-58-60-62-67(70)72-65(63-68)64-71-66(69)61-59-57-55-53-51-49-47-45-43-41-39-37-35-30-28-26-24-22-20-18-16-14-12-10-8-6-4-2/h15,17,21,23,27,29,65,68H,3-14,16,18-20,22,24-26,28,30-64H2,1-2H3/b17-15-,23-21-,29-27-. The first-order valence-corrected chi connectivity index (χ1v) is 32.5. The van der Waals surface area contributed by atoms with Gasteiger partial charge in [0.1, 0.15) is 6.61 Å². The largest absolute Gasteiger partial charge is 0.462 e. The van der Waals surface area contributed by atoms with Gasteiger partial charge in [-0.1, -0.05) is 333 Å². The maximum atomic E-state index is 12.3. The molecule has 0 aliphatic carbocycles. The van der Waals surface area contributed by atoms with Crippen LogP contribution in [0, 0.1) is 0 Å². The molecule has 1 atom stereocenters. The fourth-order valence-electron chi connectivity index (χ4n) is 10.0. The van der Waals surface area contributed by atoms with Gasteiger partial charge < -0.3 is 14.6 Å². The molecule has 0 fully saturated rings. The van der Waals surface area contributed by atoms with E-state index in [1.54, 1.807) is 0 Å². The highest BCUT2D eigenvalue weighted by Gasteiger charge is 2.16. The molecule has 0 aliphatic heterocycles. The van der Waals surface area contributed by atoms with Gasteiger partial charge in [0.05, 0.1) is 6.61 Å². The van der Waals surface area contributed by atoms with Gasteiger partial charge in [-0.2, -0.15) is 0 Å². The zero-order valence-corrected chi connectivity index (χ0v) is 48.7. The fourth-order valence-corrected chi connectivity index (χ4v) is 10.0. The van der Waals surface area contributed by atoms with E-state index < -0.39 is 6.10 Å². The first-order valence-electron chi connectivity index (χ1n) is 32.5. The minimum Gasteiger partial charge on any atom is -0.462 e. The van der Waals surface area contributed by atoms with Gasteiger partial charge >= 0.3 is 11.9 Å².